The van der Waals surface area contributed by atoms with Crippen molar-refractivity contribution in [2.24, 2.45) is 0 Å². The molecule has 6 heteroatoms. The number of hydrogen-bond donors (Lipinski definition) is 0. The van der Waals surface area contributed by atoms with Crippen LogP contribution in [0.5, 0.6) is 5.75 Å². The molecule has 0 amide bonds. The quantitative estimate of drug-likeness (QED) is 0.625. The summed E-state index contributed by atoms with van der Waals surface area (Å²) in [5.41, 5.74) is 0.932. The van der Waals surface area contributed by atoms with E-state index in [9.17, 15) is 14.5 Å². The van der Waals surface area contributed by atoms with Crippen molar-refractivity contribution in [3.05, 3.63) is 68.5 Å². The number of hydrogen-bond acceptors (Lipinski definition) is 3. The van der Waals surface area contributed by atoms with E-state index in [-0.39, 0.29) is 18.1 Å². The van der Waals surface area contributed by atoms with Gasteiger partial charge in [-0.3, -0.25) is 10.1 Å². The van der Waals surface area contributed by atoms with Crippen LogP contribution in [0, 0.1) is 22.9 Å². The molecule has 0 saturated heterocycles. The zero-order valence-corrected chi connectivity index (χ0v) is 11.4. The maximum atomic E-state index is 13.0. The van der Waals surface area contributed by atoms with E-state index in [1.165, 1.54) is 24.3 Å². The highest BCUT2D eigenvalue weighted by molar-refractivity contribution is 6.30. The van der Waals surface area contributed by atoms with E-state index in [1.807, 2.05) is 0 Å². The number of nitrogens with zero attached hydrogens (tertiary/aromatic N) is 1. The fourth-order valence-corrected chi connectivity index (χ4v) is 1.93. The van der Waals surface area contributed by atoms with Gasteiger partial charge in [0.15, 0.2) is 0 Å². The second kappa shape index (κ2) is 5.88. The number of ether oxygens (including phenoxy) is 1. The van der Waals surface area contributed by atoms with Gasteiger partial charge in [0.1, 0.15) is 18.2 Å². The largest absolute Gasteiger partial charge is 0.488 e. The van der Waals surface area contributed by atoms with Crippen LogP contribution >= 0.6 is 11.6 Å². The molecule has 0 aromatic heterocycles. The van der Waals surface area contributed by atoms with Gasteiger partial charge in [-0.05, 0) is 42.8 Å². The third kappa shape index (κ3) is 3.24. The van der Waals surface area contributed by atoms with Gasteiger partial charge >= 0.3 is 0 Å². The molecule has 0 aliphatic heterocycles. The second-order valence-electron chi connectivity index (χ2n) is 4.23. The Morgan fingerprint density at radius 1 is 1.30 bits per heavy atom. The van der Waals surface area contributed by atoms with Gasteiger partial charge in [0, 0.05) is 11.1 Å². The Morgan fingerprint density at radius 3 is 2.70 bits per heavy atom. The van der Waals surface area contributed by atoms with Crippen LogP contribution in [0.25, 0.3) is 0 Å². The monoisotopic (exact) mass is 295 g/mol. The van der Waals surface area contributed by atoms with Crippen LogP contribution in [0.15, 0.2) is 36.4 Å². The summed E-state index contributed by atoms with van der Waals surface area (Å²) in [6, 6.07) is 8.48. The predicted octanol–water partition coefficient (Wildman–Crippen LogP) is 4.27. The third-order valence-corrected chi connectivity index (χ3v) is 3.00. The third-order valence-electron chi connectivity index (χ3n) is 2.76. The normalized spacial score (nSPS) is 10.3. The molecular weight excluding hydrogens is 285 g/mol. The Morgan fingerprint density at radius 2 is 2.05 bits per heavy atom. The topological polar surface area (TPSA) is 52.4 Å². The van der Waals surface area contributed by atoms with Crippen LogP contribution in [0.4, 0.5) is 10.1 Å². The summed E-state index contributed by atoms with van der Waals surface area (Å²) in [5.74, 6) is 0.128. The molecule has 0 radical (unpaired) electrons. The minimum absolute atomic E-state index is 0.0138. The lowest BCUT2D eigenvalue weighted by Crippen LogP contribution is -2.01. The molecule has 0 unspecified atom stereocenters. The standard InChI is InChI=1S/C14H11ClFNO3/c1-9-6-12(16)4-5-14(9)20-8-10-2-3-11(15)7-13(10)17(18)19/h2-7H,8H2,1H3. The van der Waals surface area contributed by atoms with Crippen molar-refractivity contribution in [2.75, 3.05) is 0 Å². The van der Waals surface area contributed by atoms with Crippen molar-refractivity contribution in [3.8, 4) is 5.75 Å². The first-order chi connectivity index (χ1) is 9.47. The molecule has 0 heterocycles. The average molecular weight is 296 g/mol. The van der Waals surface area contributed by atoms with Crippen molar-refractivity contribution in [2.45, 2.75) is 13.5 Å². The van der Waals surface area contributed by atoms with E-state index in [4.69, 9.17) is 16.3 Å². The fraction of sp³-hybridized carbons (Fsp3) is 0.143. The predicted molar refractivity (Wildman–Crippen MR) is 73.6 cm³/mol. The Labute approximate surface area is 119 Å². The van der Waals surface area contributed by atoms with Gasteiger partial charge in [0.05, 0.1) is 10.5 Å². The molecule has 0 aliphatic carbocycles. The zero-order valence-electron chi connectivity index (χ0n) is 10.6. The summed E-state index contributed by atoms with van der Waals surface area (Å²) < 4.78 is 18.5. The number of halogens is 2. The van der Waals surface area contributed by atoms with E-state index in [0.717, 1.165) is 0 Å². The van der Waals surface area contributed by atoms with Crippen LogP contribution in [0.3, 0.4) is 0 Å². The molecule has 0 spiro atoms. The maximum Gasteiger partial charge on any atom is 0.277 e. The summed E-state index contributed by atoms with van der Waals surface area (Å²) in [7, 11) is 0. The number of aryl methyl sites for hydroxylation is 1. The SMILES string of the molecule is Cc1cc(F)ccc1OCc1ccc(Cl)cc1[N+](=O)[O-]. The average Bonchev–Trinajstić information content (AvgIpc) is 2.38. The Balaban J connectivity index is 2.20. The zero-order chi connectivity index (χ0) is 14.7. The fourth-order valence-electron chi connectivity index (χ4n) is 1.76. The first-order valence-electron chi connectivity index (χ1n) is 5.79. The summed E-state index contributed by atoms with van der Waals surface area (Å²) in [6.45, 7) is 1.72. The minimum atomic E-state index is -0.512. The second-order valence-corrected chi connectivity index (χ2v) is 4.67. The summed E-state index contributed by atoms with van der Waals surface area (Å²) in [5, 5.41) is 11.2. The number of benzene rings is 2. The van der Waals surface area contributed by atoms with E-state index in [1.54, 1.807) is 19.1 Å². The molecular formula is C14H11ClFNO3. The first-order valence-corrected chi connectivity index (χ1v) is 6.17. The molecule has 0 saturated carbocycles. The molecule has 0 N–H and O–H groups in total. The molecule has 0 bridgehead atoms. The van der Waals surface area contributed by atoms with E-state index in [0.29, 0.717) is 21.9 Å². The maximum absolute atomic E-state index is 13.0. The lowest BCUT2D eigenvalue weighted by molar-refractivity contribution is -0.385. The van der Waals surface area contributed by atoms with Crippen molar-refractivity contribution in [1.29, 1.82) is 0 Å². The lowest BCUT2D eigenvalue weighted by Gasteiger charge is -2.09. The van der Waals surface area contributed by atoms with Crippen molar-refractivity contribution in [1.82, 2.24) is 0 Å². The van der Waals surface area contributed by atoms with Crippen LogP contribution in [0.2, 0.25) is 5.02 Å². The van der Waals surface area contributed by atoms with E-state index in [2.05, 4.69) is 0 Å². The highest BCUT2D eigenvalue weighted by Crippen LogP contribution is 2.26. The van der Waals surface area contributed by atoms with Gasteiger partial charge in [-0.15, -0.1) is 0 Å². The van der Waals surface area contributed by atoms with Crippen molar-refractivity contribution in [3.63, 3.8) is 0 Å². The summed E-state index contributed by atoms with van der Waals surface area (Å²) >= 11 is 5.73. The van der Waals surface area contributed by atoms with Gasteiger partial charge in [-0.1, -0.05) is 11.6 Å². The minimum Gasteiger partial charge on any atom is -0.488 e. The van der Waals surface area contributed by atoms with Gasteiger partial charge in [0.25, 0.3) is 5.69 Å². The number of nitro groups is 1. The molecule has 2 rings (SSSR count). The van der Waals surface area contributed by atoms with Crippen LogP contribution in [-0.2, 0) is 6.61 Å². The lowest BCUT2D eigenvalue weighted by atomic mass is 10.2. The Hall–Kier alpha value is -2.14. The Bertz CT molecular complexity index is 661. The molecule has 2 aromatic carbocycles. The van der Waals surface area contributed by atoms with Gasteiger partial charge in [-0.25, -0.2) is 4.39 Å². The molecule has 4 nitrogen and oxygen atoms in total. The smallest absolute Gasteiger partial charge is 0.277 e. The van der Waals surface area contributed by atoms with Gasteiger partial charge in [0.2, 0.25) is 0 Å². The molecule has 2 aromatic rings. The van der Waals surface area contributed by atoms with E-state index >= 15 is 0 Å². The van der Waals surface area contributed by atoms with Crippen LogP contribution in [0.1, 0.15) is 11.1 Å². The van der Waals surface area contributed by atoms with Gasteiger partial charge < -0.3 is 4.74 Å². The van der Waals surface area contributed by atoms with Crippen molar-refractivity contribution < 1.29 is 14.1 Å². The number of rotatable bonds is 4. The molecule has 104 valence electrons. The molecule has 0 fully saturated rings. The highest BCUT2D eigenvalue weighted by atomic mass is 35.5. The summed E-state index contributed by atoms with van der Waals surface area (Å²) in [6.07, 6.45) is 0. The molecule has 0 aliphatic rings. The molecule has 20 heavy (non-hydrogen) atoms. The number of nitro benzene ring substituents is 1. The molecule has 0 atom stereocenters. The van der Waals surface area contributed by atoms with Crippen molar-refractivity contribution >= 4 is 17.3 Å². The Kier molecular flexibility index (Phi) is 4.20. The van der Waals surface area contributed by atoms with Crippen LogP contribution < -0.4 is 4.74 Å². The summed E-state index contributed by atoms with van der Waals surface area (Å²) in [4.78, 5) is 10.4. The highest BCUT2D eigenvalue weighted by Gasteiger charge is 2.15. The first kappa shape index (κ1) is 14.3. The van der Waals surface area contributed by atoms with Gasteiger partial charge in [-0.2, -0.15) is 0 Å². The van der Waals surface area contributed by atoms with Crippen LogP contribution in [-0.4, -0.2) is 4.92 Å². The van der Waals surface area contributed by atoms with E-state index < -0.39 is 4.92 Å².